The van der Waals surface area contributed by atoms with E-state index in [1.807, 2.05) is 0 Å². The van der Waals surface area contributed by atoms with Crippen LogP contribution < -0.4 is 19.9 Å². The highest BCUT2D eigenvalue weighted by molar-refractivity contribution is 5.80. The molecule has 3 aliphatic rings. The van der Waals surface area contributed by atoms with Crippen molar-refractivity contribution in [3.63, 3.8) is 0 Å². The molecule has 4 rings (SSSR count). The summed E-state index contributed by atoms with van der Waals surface area (Å²) >= 11 is 0. The molecule has 0 aromatic heterocycles. The van der Waals surface area contributed by atoms with Crippen LogP contribution in [0.15, 0.2) is 18.2 Å². The number of fused-ring (bicyclic) bond motifs is 1. The molecule has 0 bridgehead atoms. The van der Waals surface area contributed by atoms with E-state index in [1.165, 1.54) is 35.3 Å². The fraction of sp³-hybridized carbons (Fsp3) is 0.696. The van der Waals surface area contributed by atoms with Crippen LogP contribution in [0.5, 0.6) is 5.75 Å². The Morgan fingerprint density at radius 1 is 1.21 bits per heavy atom. The Bertz CT molecular complexity index is 684. The third kappa shape index (κ3) is 4.52. The summed E-state index contributed by atoms with van der Waals surface area (Å²) in [5, 5.41) is 3.36. The number of rotatable bonds is 5. The number of nitrogens with one attached hydrogen (secondary N) is 3. The summed E-state index contributed by atoms with van der Waals surface area (Å²) in [5.41, 5.74) is 2.78. The van der Waals surface area contributed by atoms with Crippen molar-refractivity contribution in [2.75, 3.05) is 32.8 Å². The molecule has 1 aliphatic carbocycles. The first-order valence-corrected chi connectivity index (χ1v) is 11.3. The van der Waals surface area contributed by atoms with Crippen LogP contribution in [0, 0.1) is 5.92 Å². The minimum Gasteiger partial charge on any atom is -0.493 e. The second-order valence-electron chi connectivity index (χ2n) is 9.22. The average Bonchev–Trinajstić information content (AvgIpc) is 3.17. The highest BCUT2D eigenvalue weighted by atomic mass is 16.5. The van der Waals surface area contributed by atoms with E-state index >= 15 is 0 Å². The smallest absolute Gasteiger partial charge is 0.278 e. The molecule has 5 nitrogen and oxygen atoms in total. The van der Waals surface area contributed by atoms with E-state index in [2.05, 4.69) is 37.4 Å². The van der Waals surface area contributed by atoms with E-state index in [1.54, 1.807) is 4.90 Å². The zero-order chi connectivity index (χ0) is 19.5. The SMILES string of the molecule is C[C@@H]1CCCC[C@@H]1NC(=O)[C@@H](C)[NH+]1CC[NH+](Cc2ccc3c(c2)CCO3)CC1. The van der Waals surface area contributed by atoms with Crippen LogP contribution in [0.4, 0.5) is 0 Å². The van der Waals surface area contributed by atoms with Gasteiger partial charge in [-0.1, -0.05) is 19.8 Å². The van der Waals surface area contributed by atoms with E-state index in [0.717, 1.165) is 57.9 Å². The Morgan fingerprint density at radius 3 is 2.79 bits per heavy atom. The fourth-order valence-electron chi connectivity index (χ4n) is 5.20. The van der Waals surface area contributed by atoms with Crippen molar-refractivity contribution >= 4 is 5.91 Å². The van der Waals surface area contributed by atoms with Crippen molar-refractivity contribution in [3.05, 3.63) is 29.3 Å². The van der Waals surface area contributed by atoms with Crippen molar-refractivity contribution in [2.45, 2.75) is 64.6 Å². The zero-order valence-electron chi connectivity index (χ0n) is 17.6. The minimum absolute atomic E-state index is 0.0628. The predicted molar refractivity (Wildman–Crippen MR) is 110 cm³/mol. The molecule has 3 N–H and O–H groups in total. The van der Waals surface area contributed by atoms with Gasteiger partial charge in [0.2, 0.25) is 0 Å². The Balaban J connectivity index is 1.24. The summed E-state index contributed by atoms with van der Waals surface area (Å²) in [6.45, 7) is 10.8. The molecule has 1 aromatic rings. The molecule has 3 atom stereocenters. The molecule has 1 saturated heterocycles. The van der Waals surface area contributed by atoms with Crippen LogP contribution in [-0.4, -0.2) is 50.8 Å². The van der Waals surface area contributed by atoms with E-state index in [9.17, 15) is 4.79 Å². The second-order valence-corrected chi connectivity index (χ2v) is 9.22. The van der Waals surface area contributed by atoms with Crippen LogP contribution in [0.25, 0.3) is 0 Å². The van der Waals surface area contributed by atoms with Crippen LogP contribution >= 0.6 is 0 Å². The molecule has 2 aliphatic heterocycles. The summed E-state index contributed by atoms with van der Waals surface area (Å²) in [7, 11) is 0. The number of ether oxygens (including phenoxy) is 1. The number of carbonyl (C=O) groups excluding carboxylic acids is 1. The molecule has 1 amide bonds. The van der Waals surface area contributed by atoms with E-state index in [4.69, 9.17) is 4.74 Å². The maximum atomic E-state index is 12.8. The molecule has 1 aromatic carbocycles. The maximum Gasteiger partial charge on any atom is 0.278 e. The lowest BCUT2D eigenvalue weighted by Crippen LogP contribution is -3.29. The lowest BCUT2D eigenvalue weighted by atomic mass is 9.86. The van der Waals surface area contributed by atoms with E-state index < -0.39 is 0 Å². The molecule has 5 heteroatoms. The van der Waals surface area contributed by atoms with Crippen LogP contribution in [-0.2, 0) is 17.8 Å². The molecule has 2 heterocycles. The van der Waals surface area contributed by atoms with Gasteiger partial charge in [-0.3, -0.25) is 4.79 Å². The van der Waals surface area contributed by atoms with Gasteiger partial charge in [-0.05, 0) is 49.4 Å². The maximum absolute atomic E-state index is 12.8. The van der Waals surface area contributed by atoms with Gasteiger partial charge in [-0.2, -0.15) is 0 Å². The average molecular weight is 388 g/mol. The number of piperazine rings is 1. The zero-order valence-corrected chi connectivity index (χ0v) is 17.6. The molecular weight excluding hydrogens is 350 g/mol. The Labute approximate surface area is 169 Å². The lowest BCUT2D eigenvalue weighted by Gasteiger charge is -2.35. The normalized spacial score (nSPS) is 30.9. The van der Waals surface area contributed by atoms with Gasteiger partial charge in [0.15, 0.2) is 6.04 Å². The molecule has 1 saturated carbocycles. The number of benzene rings is 1. The first kappa shape index (κ1) is 19.7. The molecule has 28 heavy (non-hydrogen) atoms. The molecule has 154 valence electrons. The second kappa shape index (κ2) is 8.83. The van der Waals surface area contributed by atoms with Crippen LogP contribution in [0.1, 0.15) is 50.7 Å². The van der Waals surface area contributed by atoms with Gasteiger partial charge in [0, 0.05) is 18.0 Å². The quantitative estimate of drug-likeness (QED) is 0.666. The largest absolute Gasteiger partial charge is 0.493 e. The predicted octanol–water partition coefficient (Wildman–Crippen LogP) is -0.0117. The summed E-state index contributed by atoms with van der Waals surface area (Å²) in [5.74, 6) is 1.95. The molecule has 0 spiro atoms. The number of hydrogen-bond acceptors (Lipinski definition) is 2. The standard InChI is InChI=1S/C23H35N3O2/c1-17-5-3-4-6-21(17)24-23(27)18(2)26-12-10-25(11-13-26)16-19-7-8-22-20(15-19)9-14-28-22/h7-8,15,17-18,21H,3-6,9-14,16H2,1-2H3,(H,24,27)/p+2/t17-,18-,21+/m1/s1. The van der Waals surface area contributed by atoms with Crippen molar-refractivity contribution in [1.82, 2.24) is 5.32 Å². The molecule has 2 fully saturated rings. The molecule has 0 unspecified atom stereocenters. The van der Waals surface area contributed by atoms with Crippen molar-refractivity contribution in [3.8, 4) is 5.75 Å². The number of amides is 1. The van der Waals surface area contributed by atoms with Crippen molar-refractivity contribution in [2.24, 2.45) is 5.92 Å². The van der Waals surface area contributed by atoms with Gasteiger partial charge in [0.05, 0.1) is 6.61 Å². The Hall–Kier alpha value is -1.59. The van der Waals surface area contributed by atoms with Gasteiger partial charge in [-0.15, -0.1) is 0 Å². The highest BCUT2D eigenvalue weighted by Gasteiger charge is 2.33. The number of carbonyl (C=O) groups is 1. The topological polar surface area (TPSA) is 47.2 Å². The summed E-state index contributed by atoms with van der Waals surface area (Å²) in [4.78, 5) is 15.9. The van der Waals surface area contributed by atoms with Gasteiger partial charge < -0.3 is 19.9 Å². The van der Waals surface area contributed by atoms with Gasteiger partial charge in [0.1, 0.15) is 38.5 Å². The van der Waals surface area contributed by atoms with E-state index in [0.29, 0.717) is 12.0 Å². The van der Waals surface area contributed by atoms with Gasteiger partial charge in [-0.25, -0.2) is 0 Å². The summed E-state index contributed by atoms with van der Waals surface area (Å²) in [6.07, 6.45) is 6.02. The third-order valence-electron chi connectivity index (χ3n) is 7.25. The van der Waals surface area contributed by atoms with Crippen LogP contribution in [0.2, 0.25) is 0 Å². The van der Waals surface area contributed by atoms with E-state index in [-0.39, 0.29) is 11.9 Å². The number of hydrogen-bond donors (Lipinski definition) is 3. The monoisotopic (exact) mass is 387 g/mol. The molecular formula is C23H37N3O2+2. The lowest BCUT2D eigenvalue weighted by molar-refractivity contribution is -1.02. The first-order valence-electron chi connectivity index (χ1n) is 11.3. The van der Waals surface area contributed by atoms with Crippen molar-refractivity contribution in [1.29, 1.82) is 0 Å². The van der Waals surface area contributed by atoms with Gasteiger partial charge >= 0.3 is 0 Å². The van der Waals surface area contributed by atoms with Crippen LogP contribution in [0.3, 0.4) is 0 Å². The van der Waals surface area contributed by atoms with Crippen molar-refractivity contribution < 1.29 is 19.3 Å². The summed E-state index contributed by atoms with van der Waals surface area (Å²) in [6, 6.07) is 7.14. The minimum atomic E-state index is 0.0628. The highest BCUT2D eigenvalue weighted by Crippen LogP contribution is 2.25. The molecule has 0 radical (unpaired) electrons. The summed E-state index contributed by atoms with van der Waals surface area (Å²) < 4.78 is 5.62. The third-order valence-corrected chi connectivity index (χ3v) is 7.25. The first-order chi connectivity index (χ1) is 13.6. The Morgan fingerprint density at radius 2 is 2.00 bits per heavy atom. The van der Waals surface area contributed by atoms with Gasteiger partial charge in [0.25, 0.3) is 5.91 Å². The Kier molecular flexibility index (Phi) is 6.22. The number of quaternary nitrogens is 2. The fourth-order valence-corrected chi connectivity index (χ4v) is 5.20.